The number of carbonyl (C=O) groups is 1. The van der Waals surface area contributed by atoms with E-state index in [0.29, 0.717) is 12.6 Å². The van der Waals surface area contributed by atoms with Crippen molar-refractivity contribution in [2.24, 2.45) is 7.05 Å². The van der Waals surface area contributed by atoms with Crippen molar-refractivity contribution in [3.63, 3.8) is 0 Å². The number of nitrogens with zero attached hydrogens (tertiary/aromatic N) is 3. The second-order valence-electron chi connectivity index (χ2n) is 5.80. The Hall–Kier alpha value is -1.01. The smallest absolute Gasteiger partial charge is 0.239 e. The van der Waals surface area contributed by atoms with Crippen molar-refractivity contribution >= 4 is 23.5 Å². The van der Waals surface area contributed by atoms with Crippen molar-refractivity contribution in [3.8, 4) is 0 Å². The van der Waals surface area contributed by atoms with E-state index in [0.717, 1.165) is 16.8 Å². The Morgan fingerprint density at radius 2 is 2.33 bits per heavy atom. The third-order valence-electron chi connectivity index (χ3n) is 4.05. The first kappa shape index (κ1) is 16.4. The Balaban J connectivity index is 1.81. The summed E-state index contributed by atoms with van der Waals surface area (Å²) in [6.45, 7) is 4.58. The summed E-state index contributed by atoms with van der Waals surface area (Å²) in [5, 5.41) is 7.94. The number of rotatable bonds is 6. The molecule has 2 rings (SSSR count). The van der Waals surface area contributed by atoms with Gasteiger partial charge in [0.2, 0.25) is 5.91 Å². The first-order valence-corrected chi connectivity index (χ1v) is 8.66. The molecule has 1 aromatic rings. The van der Waals surface area contributed by atoms with E-state index in [2.05, 4.69) is 29.3 Å². The van der Waals surface area contributed by atoms with Crippen LogP contribution in [0, 0.1) is 6.92 Å². The van der Waals surface area contributed by atoms with Gasteiger partial charge < -0.3 is 5.32 Å². The van der Waals surface area contributed by atoms with E-state index in [4.69, 9.17) is 0 Å². The van der Waals surface area contributed by atoms with Crippen LogP contribution in [0.5, 0.6) is 0 Å². The standard InChI is InChI=1S/C15H26N4OS/c1-5-21-13-7-6-12(9-13)18(3)10-15(20)16-14-8-11(2)17-19(14)4/h8,12-13H,5-7,9-10H2,1-4H3,(H,16,20)/t12-,13-/m1/s1. The molecule has 1 saturated carbocycles. The number of hydrogen-bond acceptors (Lipinski definition) is 4. The van der Waals surface area contributed by atoms with Crippen LogP contribution in [-0.2, 0) is 11.8 Å². The maximum absolute atomic E-state index is 12.1. The van der Waals surface area contributed by atoms with Crippen LogP contribution in [-0.4, -0.2) is 51.2 Å². The number of hydrogen-bond donors (Lipinski definition) is 1. The fourth-order valence-corrected chi connectivity index (χ4v) is 4.10. The van der Waals surface area contributed by atoms with Crippen molar-refractivity contribution in [1.82, 2.24) is 14.7 Å². The minimum absolute atomic E-state index is 0.0343. The van der Waals surface area contributed by atoms with Gasteiger partial charge in [0.25, 0.3) is 0 Å². The minimum atomic E-state index is 0.0343. The monoisotopic (exact) mass is 310 g/mol. The van der Waals surface area contributed by atoms with Gasteiger partial charge in [0.15, 0.2) is 0 Å². The molecular formula is C15H26N4OS. The SMILES string of the molecule is CCS[C@@H]1CC[C@@H](N(C)CC(=O)Nc2cc(C)nn2C)C1. The first-order chi connectivity index (χ1) is 9.99. The second kappa shape index (κ2) is 7.31. The summed E-state index contributed by atoms with van der Waals surface area (Å²) >= 11 is 2.05. The molecule has 0 unspecified atom stereocenters. The van der Waals surface area contributed by atoms with Gasteiger partial charge in [-0.05, 0) is 39.0 Å². The van der Waals surface area contributed by atoms with E-state index in [1.807, 2.05) is 31.8 Å². The van der Waals surface area contributed by atoms with Crippen LogP contribution < -0.4 is 5.32 Å². The average Bonchev–Trinajstić information content (AvgIpc) is 2.97. The number of anilines is 1. The van der Waals surface area contributed by atoms with Crippen LogP contribution in [0.15, 0.2) is 6.07 Å². The molecule has 0 aliphatic heterocycles. The van der Waals surface area contributed by atoms with E-state index >= 15 is 0 Å². The van der Waals surface area contributed by atoms with Crippen LogP contribution >= 0.6 is 11.8 Å². The Morgan fingerprint density at radius 3 is 2.95 bits per heavy atom. The topological polar surface area (TPSA) is 50.2 Å². The third-order valence-corrected chi connectivity index (χ3v) is 5.28. The van der Waals surface area contributed by atoms with Crippen molar-refractivity contribution < 1.29 is 4.79 Å². The maximum atomic E-state index is 12.1. The molecule has 0 bridgehead atoms. The zero-order valence-corrected chi connectivity index (χ0v) is 14.2. The lowest BCUT2D eigenvalue weighted by Crippen LogP contribution is -2.37. The van der Waals surface area contributed by atoms with E-state index in [9.17, 15) is 4.79 Å². The molecule has 1 heterocycles. The summed E-state index contributed by atoms with van der Waals surface area (Å²) in [7, 11) is 3.90. The van der Waals surface area contributed by atoms with Crippen molar-refractivity contribution in [2.45, 2.75) is 44.4 Å². The molecule has 1 aromatic heterocycles. The van der Waals surface area contributed by atoms with Gasteiger partial charge in [0.1, 0.15) is 5.82 Å². The number of thioether (sulfide) groups is 1. The van der Waals surface area contributed by atoms with Crippen molar-refractivity contribution in [1.29, 1.82) is 0 Å². The molecular weight excluding hydrogens is 284 g/mol. The zero-order valence-electron chi connectivity index (χ0n) is 13.4. The van der Waals surface area contributed by atoms with Crippen LogP contribution in [0.2, 0.25) is 0 Å². The largest absolute Gasteiger partial charge is 0.310 e. The lowest BCUT2D eigenvalue weighted by molar-refractivity contribution is -0.117. The van der Waals surface area contributed by atoms with Crippen LogP contribution in [0.3, 0.4) is 0 Å². The maximum Gasteiger partial charge on any atom is 0.239 e. The fraction of sp³-hybridized carbons (Fsp3) is 0.733. The van der Waals surface area contributed by atoms with Gasteiger partial charge in [-0.3, -0.25) is 14.4 Å². The van der Waals surface area contributed by atoms with Gasteiger partial charge in [0, 0.05) is 24.4 Å². The Bertz CT molecular complexity index is 488. The number of likely N-dealkylation sites (N-methyl/N-ethyl adjacent to an activating group) is 1. The number of aryl methyl sites for hydroxylation is 2. The summed E-state index contributed by atoms with van der Waals surface area (Å²) in [5.74, 6) is 1.98. The van der Waals surface area contributed by atoms with Gasteiger partial charge in [-0.25, -0.2) is 0 Å². The number of nitrogens with one attached hydrogen (secondary N) is 1. The van der Waals surface area contributed by atoms with Gasteiger partial charge in [-0.1, -0.05) is 6.92 Å². The van der Waals surface area contributed by atoms with Crippen LogP contribution in [0.25, 0.3) is 0 Å². The number of aromatic nitrogens is 2. The molecule has 1 aliphatic carbocycles. The summed E-state index contributed by atoms with van der Waals surface area (Å²) in [6, 6.07) is 2.43. The minimum Gasteiger partial charge on any atom is -0.310 e. The van der Waals surface area contributed by atoms with Crippen LogP contribution in [0.4, 0.5) is 5.82 Å². The van der Waals surface area contributed by atoms with E-state index in [1.54, 1.807) is 4.68 Å². The molecule has 1 N–H and O–H groups in total. The molecule has 1 aliphatic rings. The number of amides is 1. The molecule has 0 saturated heterocycles. The predicted molar refractivity (Wildman–Crippen MR) is 88.8 cm³/mol. The third kappa shape index (κ3) is 4.48. The molecule has 0 radical (unpaired) electrons. The molecule has 1 fully saturated rings. The molecule has 2 atom stereocenters. The Kier molecular flexibility index (Phi) is 5.70. The molecule has 5 nitrogen and oxygen atoms in total. The van der Waals surface area contributed by atoms with E-state index in [1.165, 1.54) is 25.0 Å². The second-order valence-corrected chi connectivity index (χ2v) is 7.38. The normalized spacial score (nSPS) is 22.0. The fourth-order valence-electron chi connectivity index (χ4n) is 2.97. The average molecular weight is 310 g/mol. The van der Waals surface area contributed by atoms with Gasteiger partial charge in [-0.2, -0.15) is 16.9 Å². The Labute approximate surface area is 131 Å². The summed E-state index contributed by atoms with van der Waals surface area (Å²) in [6.07, 6.45) is 3.68. The number of carbonyl (C=O) groups excluding carboxylic acids is 1. The van der Waals surface area contributed by atoms with E-state index < -0.39 is 0 Å². The molecule has 21 heavy (non-hydrogen) atoms. The van der Waals surface area contributed by atoms with Gasteiger partial charge in [-0.15, -0.1) is 0 Å². The predicted octanol–water partition coefficient (Wildman–Crippen LogP) is 2.27. The summed E-state index contributed by atoms with van der Waals surface area (Å²) < 4.78 is 1.71. The highest BCUT2D eigenvalue weighted by Gasteiger charge is 2.28. The van der Waals surface area contributed by atoms with Gasteiger partial charge >= 0.3 is 0 Å². The highest BCUT2D eigenvalue weighted by atomic mass is 32.2. The highest BCUT2D eigenvalue weighted by Crippen LogP contribution is 2.32. The first-order valence-electron chi connectivity index (χ1n) is 7.62. The summed E-state index contributed by atoms with van der Waals surface area (Å²) in [4.78, 5) is 14.3. The molecule has 0 spiro atoms. The van der Waals surface area contributed by atoms with Crippen molar-refractivity contribution in [3.05, 3.63) is 11.8 Å². The lowest BCUT2D eigenvalue weighted by atomic mass is 10.2. The Morgan fingerprint density at radius 1 is 1.57 bits per heavy atom. The van der Waals surface area contributed by atoms with Gasteiger partial charge in [0.05, 0.1) is 12.2 Å². The molecule has 0 aromatic carbocycles. The van der Waals surface area contributed by atoms with Crippen molar-refractivity contribution in [2.75, 3.05) is 24.7 Å². The quantitative estimate of drug-likeness (QED) is 0.876. The molecule has 6 heteroatoms. The molecule has 1 amide bonds. The lowest BCUT2D eigenvalue weighted by Gasteiger charge is -2.23. The van der Waals surface area contributed by atoms with E-state index in [-0.39, 0.29) is 5.91 Å². The zero-order chi connectivity index (χ0) is 15.4. The summed E-state index contributed by atoms with van der Waals surface area (Å²) in [5.41, 5.74) is 0.913. The van der Waals surface area contributed by atoms with Crippen LogP contribution in [0.1, 0.15) is 31.9 Å². The highest BCUT2D eigenvalue weighted by molar-refractivity contribution is 7.99. The molecule has 118 valence electrons.